The van der Waals surface area contributed by atoms with Gasteiger partial charge in [0.25, 0.3) is 0 Å². The molecule has 4 heteroatoms. The molecular weight excluding hydrogens is 257 g/mol. The highest BCUT2D eigenvalue weighted by atomic mass is 19.1. The first-order valence-electron chi connectivity index (χ1n) is 6.03. The molecule has 3 rings (SSSR count). The highest BCUT2D eigenvalue weighted by Gasteiger charge is 2.31. The van der Waals surface area contributed by atoms with Crippen molar-refractivity contribution < 1.29 is 14.0 Å². The first-order valence-corrected chi connectivity index (χ1v) is 6.03. The van der Waals surface area contributed by atoms with Gasteiger partial charge in [-0.15, -0.1) is 0 Å². The molecule has 0 spiro atoms. The molecule has 2 N–H and O–H groups in total. The highest BCUT2D eigenvalue weighted by Crippen LogP contribution is 2.30. The summed E-state index contributed by atoms with van der Waals surface area (Å²) in [6.07, 6.45) is 0. The Hall–Kier alpha value is -2.75. The Morgan fingerprint density at radius 2 is 1.35 bits per heavy atom. The molecule has 0 saturated carbocycles. The Balaban J connectivity index is 2.21. The number of halogens is 1. The van der Waals surface area contributed by atoms with Crippen LogP contribution in [0.2, 0.25) is 0 Å². The third-order valence-corrected chi connectivity index (χ3v) is 3.29. The monoisotopic (exact) mass is 267 g/mol. The lowest BCUT2D eigenvalue weighted by molar-refractivity contribution is 0.0990. The minimum absolute atomic E-state index is 0.0969. The zero-order valence-electron chi connectivity index (χ0n) is 10.4. The van der Waals surface area contributed by atoms with Crippen molar-refractivity contribution in [1.82, 2.24) is 0 Å². The van der Waals surface area contributed by atoms with Gasteiger partial charge in [-0.25, -0.2) is 4.39 Å². The first-order chi connectivity index (χ1) is 9.59. The summed E-state index contributed by atoms with van der Waals surface area (Å²) in [5.41, 5.74) is 6.92. The minimum Gasteiger partial charge on any atom is -0.395 e. The maximum atomic E-state index is 13.0. The molecule has 0 fully saturated rings. The average Bonchev–Trinajstić information content (AvgIpc) is 2.47. The Bertz CT molecular complexity index is 760. The molecule has 0 heterocycles. The van der Waals surface area contributed by atoms with Crippen molar-refractivity contribution in [3.05, 3.63) is 76.7 Å². The molecule has 20 heavy (non-hydrogen) atoms. The smallest absolute Gasteiger partial charge is 0.210 e. The molecule has 1 aliphatic carbocycles. The molecule has 98 valence electrons. The van der Waals surface area contributed by atoms with E-state index in [0.29, 0.717) is 16.7 Å². The molecule has 0 unspecified atom stereocenters. The van der Waals surface area contributed by atoms with E-state index in [1.54, 1.807) is 24.3 Å². The summed E-state index contributed by atoms with van der Waals surface area (Å²) in [5, 5.41) is 0. The van der Waals surface area contributed by atoms with Gasteiger partial charge in [0.05, 0.1) is 11.3 Å². The van der Waals surface area contributed by atoms with E-state index >= 15 is 0 Å². The number of rotatable bonds is 1. The number of ketones is 2. The van der Waals surface area contributed by atoms with Crippen LogP contribution < -0.4 is 5.73 Å². The summed E-state index contributed by atoms with van der Waals surface area (Å²) >= 11 is 0. The highest BCUT2D eigenvalue weighted by molar-refractivity contribution is 6.40. The number of fused-ring (bicyclic) bond motifs is 1. The van der Waals surface area contributed by atoms with Crippen LogP contribution in [-0.4, -0.2) is 11.6 Å². The van der Waals surface area contributed by atoms with Crippen LogP contribution in [0.3, 0.4) is 0 Å². The Morgan fingerprint density at radius 3 is 1.95 bits per heavy atom. The minimum atomic E-state index is -0.414. The van der Waals surface area contributed by atoms with Gasteiger partial charge in [0.2, 0.25) is 5.78 Å². The predicted octanol–water partition coefficient (Wildman–Crippen LogP) is 2.57. The quantitative estimate of drug-likeness (QED) is 0.863. The van der Waals surface area contributed by atoms with Crippen LogP contribution in [0, 0.1) is 5.82 Å². The van der Waals surface area contributed by atoms with Gasteiger partial charge in [0.1, 0.15) is 5.82 Å². The fourth-order valence-corrected chi connectivity index (χ4v) is 2.30. The van der Waals surface area contributed by atoms with Crippen molar-refractivity contribution in [1.29, 1.82) is 0 Å². The van der Waals surface area contributed by atoms with Crippen LogP contribution >= 0.6 is 0 Å². The summed E-state index contributed by atoms with van der Waals surface area (Å²) in [4.78, 5) is 24.7. The lowest BCUT2D eigenvalue weighted by atomic mass is 9.84. The Labute approximate surface area is 114 Å². The number of benzene rings is 2. The summed E-state index contributed by atoms with van der Waals surface area (Å²) < 4.78 is 13.0. The van der Waals surface area contributed by atoms with Crippen molar-refractivity contribution in [2.75, 3.05) is 0 Å². The second-order valence-electron chi connectivity index (χ2n) is 4.50. The molecule has 2 aromatic rings. The third kappa shape index (κ3) is 1.73. The fraction of sp³-hybridized carbons (Fsp3) is 0. The lowest BCUT2D eigenvalue weighted by Crippen LogP contribution is -2.25. The number of hydrogen-bond acceptors (Lipinski definition) is 3. The van der Waals surface area contributed by atoms with Gasteiger partial charge < -0.3 is 5.73 Å². The standard InChI is InChI=1S/C16H10FNO2/c17-10-7-5-9(6-8-10)13-14(18)16(20)12-4-2-1-3-11(12)15(13)19/h1-8H,18H2. The number of carbonyl (C=O) groups excluding carboxylic acids is 2. The van der Waals surface area contributed by atoms with E-state index in [2.05, 4.69) is 0 Å². The zero-order valence-corrected chi connectivity index (χ0v) is 10.4. The average molecular weight is 267 g/mol. The van der Waals surface area contributed by atoms with Crippen LogP contribution in [0.25, 0.3) is 5.57 Å². The molecule has 0 atom stereocenters. The second-order valence-corrected chi connectivity index (χ2v) is 4.50. The molecule has 2 aromatic carbocycles. The van der Waals surface area contributed by atoms with E-state index in [0.717, 1.165) is 0 Å². The molecule has 3 nitrogen and oxygen atoms in total. The number of Topliss-reactive ketones (excluding diaryl/α,β-unsaturated/α-hetero) is 2. The molecular formula is C16H10FNO2. The predicted molar refractivity (Wildman–Crippen MR) is 72.6 cm³/mol. The van der Waals surface area contributed by atoms with Gasteiger partial charge in [0, 0.05) is 11.1 Å². The van der Waals surface area contributed by atoms with Gasteiger partial charge >= 0.3 is 0 Å². The van der Waals surface area contributed by atoms with Crippen LogP contribution in [-0.2, 0) is 0 Å². The van der Waals surface area contributed by atoms with Crippen molar-refractivity contribution in [2.45, 2.75) is 0 Å². The van der Waals surface area contributed by atoms with E-state index in [9.17, 15) is 14.0 Å². The van der Waals surface area contributed by atoms with Gasteiger partial charge in [-0.05, 0) is 17.7 Å². The zero-order chi connectivity index (χ0) is 14.3. The number of hydrogen-bond donors (Lipinski definition) is 1. The Morgan fingerprint density at radius 1 is 0.800 bits per heavy atom. The van der Waals surface area contributed by atoms with E-state index in [-0.39, 0.29) is 22.8 Å². The van der Waals surface area contributed by atoms with Crippen molar-refractivity contribution >= 4 is 17.1 Å². The second kappa shape index (κ2) is 4.42. The molecule has 0 bridgehead atoms. The molecule has 0 amide bonds. The Kier molecular flexibility index (Phi) is 2.71. The summed E-state index contributed by atoms with van der Waals surface area (Å²) in [6.45, 7) is 0. The maximum absolute atomic E-state index is 13.0. The van der Waals surface area contributed by atoms with Gasteiger partial charge in [-0.1, -0.05) is 36.4 Å². The van der Waals surface area contributed by atoms with Crippen molar-refractivity contribution in [2.24, 2.45) is 5.73 Å². The van der Waals surface area contributed by atoms with Gasteiger partial charge in [0.15, 0.2) is 5.78 Å². The summed E-state index contributed by atoms with van der Waals surface area (Å²) in [7, 11) is 0. The number of allylic oxidation sites excluding steroid dienone is 2. The third-order valence-electron chi connectivity index (χ3n) is 3.29. The van der Waals surface area contributed by atoms with Crippen LogP contribution in [0.1, 0.15) is 26.3 Å². The van der Waals surface area contributed by atoms with Gasteiger partial charge in [-0.2, -0.15) is 0 Å². The van der Waals surface area contributed by atoms with Crippen LogP contribution in [0.15, 0.2) is 54.2 Å². The van der Waals surface area contributed by atoms with E-state index < -0.39 is 5.82 Å². The van der Waals surface area contributed by atoms with Crippen molar-refractivity contribution in [3.8, 4) is 0 Å². The SMILES string of the molecule is NC1=C(c2ccc(F)cc2)C(=O)c2ccccc2C1=O. The fourth-order valence-electron chi connectivity index (χ4n) is 2.30. The maximum Gasteiger partial charge on any atom is 0.210 e. The lowest BCUT2D eigenvalue weighted by Gasteiger charge is -2.18. The van der Waals surface area contributed by atoms with Crippen LogP contribution in [0.5, 0.6) is 0 Å². The largest absolute Gasteiger partial charge is 0.395 e. The molecule has 0 aliphatic heterocycles. The normalized spacial score (nSPS) is 14.4. The number of nitrogens with two attached hydrogens (primary N) is 1. The van der Waals surface area contributed by atoms with E-state index in [1.807, 2.05) is 0 Å². The molecule has 0 aromatic heterocycles. The first kappa shape index (κ1) is 12.3. The summed E-state index contributed by atoms with van der Waals surface area (Å²) in [5.74, 6) is -1.10. The van der Waals surface area contributed by atoms with Gasteiger partial charge in [-0.3, -0.25) is 9.59 Å². The van der Waals surface area contributed by atoms with Crippen molar-refractivity contribution in [3.63, 3.8) is 0 Å². The van der Waals surface area contributed by atoms with E-state index in [1.165, 1.54) is 24.3 Å². The number of carbonyl (C=O) groups is 2. The molecule has 0 saturated heterocycles. The molecule has 0 radical (unpaired) electrons. The topological polar surface area (TPSA) is 60.2 Å². The van der Waals surface area contributed by atoms with Crippen LogP contribution in [0.4, 0.5) is 4.39 Å². The molecule has 1 aliphatic rings. The summed E-state index contributed by atoms with van der Waals surface area (Å²) in [6, 6.07) is 11.9. The van der Waals surface area contributed by atoms with E-state index in [4.69, 9.17) is 5.73 Å².